The minimum absolute atomic E-state index is 0.0651. The molecule has 0 unspecified atom stereocenters. The van der Waals surface area contributed by atoms with E-state index in [1.54, 1.807) is 24.3 Å². The summed E-state index contributed by atoms with van der Waals surface area (Å²) in [5.41, 5.74) is 0.799. The van der Waals surface area contributed by atoms with Gasteiger partial charge in [-0.25, -0.2) is 0 Å². The first-order chi connectivity index (χ1) is 14.4. The molecule has 1 N–H and O–H groups in total. The minimum Gasteiger partial charge on any atom is -0.488 e. The molecule has 1 aliphatic heterocycles. The van der Waals surface area contributed by atoms with E-state index < -0.39 is 17.8 Å². The van der Waals surface area contributed by atoms with Gasteiger partial charge < -0.3 is 14.5 Å². The Morgan fingerprint density at radius 2 is 1.77 bits per heavy atom. The molecule has 3 rings (SSSR count). The molecule has 1 aromatic heterocycles. The average molecular weight is 412 g/mol. The van der Waals surface area contributed by atoms with E-state index >= 15 is 0 Å². The van der Waals surface area contributed by atoms with Gasteiger partial charge in [0.25, 0.3) is 11.8 Å². The standard InChI is InChI=1S/C22H24N2O6/c1-14(2)8-10-29-19-12-23-15(11-18(19)25)13-30-20(26)7-9-24-21(27)16-5-3-4-6-17(16)22(24)28/h3-6,11-12,14H,7-10,13H2,1-2H3,(H,23,25). The van der Waals surface area contributed by atoms with Crippen LogP contribution in [0.15, 0.2) is 41.3 Å². The van der Waals surface area contributed by atoms with Crippen LogP contribution in [-0.2, 0) is 16.1 Å². The number of imide groups is 1. The van der Waals surface area contributed by atoms with Gasteiger partial charge in [-0.05, 0) is 24.5 Å². The third-order valence-corrected chi connectivity index (χ3v) is 4.70. The second-order valence-corrected chi connectivity index (χ2v) is 7.44. The van der Waals surface area contributed by atoms with Crippen molar-refractivity contribution in [2.75, 3.05) is 13.2 Å². The maximum absolute atomic E-state index is 12.3. The van der Waals surface area contributed by atoms with Crippen molar-refractivity contribution in [2.45, 2.75) is 33.3 Å². The number of aromatic amines is 1. The predicted octanol–water partition coefficient (Wildman–Crippen LogP) is 2.53. The number of benzene rings is 1. The molecule has 0 radical (unpaired) electrons. The topological polar surface area (TPSA) is 106 Å². The normalized spacial score (nSPS) is 13.0. The molecule has 0 bridgehead atoms. The lowest BCUT2D eigenvalue weighted by molar-refractivity contribution is -0.145. The Labute approximate surface area is 173 Å². The van der Waals surface area contributed by atoms with E-state index in [0.29, 0.717) is 29.3 Å². The summed E-state index contributed by atoms with van der Waals surface area (Å²) in [7, 11) is 0. The minimum atomic E-state index is -0.579. The van der Waals surface area contributed by atoms with Gasteiger partial charge in [0, 0.05) is 18.8 Å². The van der Waals surface area contributed by atoms with E-state index in [1.165, 1.54) is 12.3 Å². The number of H-pyrrole nitrogens is 1. The maximum Gasteiger partial charge on any atom is 0.307 e. The summed E-state index contributed by atoms with van der Waals surface area (Å²) in [6, 6.07) is 7.86. The molecule has 0 spiro atoms. The van der Waals surface area contributed by atoms with Gasteiger partial charge in [-0.1, -0.05) is 26.0 Å². The number of fused-ring (bicyclic) bond motifs is 1. The van der Waals surface area contributed by atoms with Crippen LogP contribution in [0, 0.1) is 5.92 Å². The lowest BCUT2D eigenvalue weighted by atomic mass is 10.1. The highest BCUT2D eigenvalue weighted by Crippen LogP contribution is 2.22. The van der Waals surface area contributed by atoms with E-state index in [9.17, 15) is 19.2 Å². The van der Waals surface area contributed by atoms with Crippen LogP contribution in [0.3, 0.4) is 0 Å². The number of nitrogens with zero attached hydrogens (tertiary/aromatic N) is 1. The predicted molar refractivity (Wildman–Crippen MR) is 108 cm³/mol. The van der Waals surface area contributed by atoms with Gasteiger partial charge >= 0.3 is 5.97 Å². The number of rotatable bonds is 9. The molecular formula is C22H24N2O6. The number of carbonyl (C=O) groups excluding carboxylic acids is 3. The highest BCUT2D eigenvalue weighted by molar-refractivity contribution is 6.21. The summed E-state index contributed by atoms with van der Waals surface area (Å²) < 4.78 is 10.6. The number of ether oxygens (including phenoxy) is 2. The third-order valence-electron chi connectivity index (χ3n) is 4.70. The van der Waals surface area contributed by atoms with Crippen molar-refractivity contribution in [2.24, 2.45) is 5.92 Å². The fraction of sp³-hybridized carbons (Fsp3) is 0.364. The quantitative estimate of drug-likeness (QED) is 0.501. The largest absolute Gasteiger partial charge is 0.488 e. The molecule has 8 heteroatoms. The van der Waals surface area contributed by atoms with E-state index in [2.05, 4.69) is 18.8 Å². The molecule has 30 heavy (non-hydrogen) atoms. The number of hydrogen-bond acceptors (Lipinski definition) is 6. The van der Waals surface area contributed by atoms with Gasteiger partial charge in [0.2, 0.25) is 5.43 Å². The molecule has 1 aromatic carbocycles. The molecule has 0 fully saturated rings. The number of hydrogen-bond donors (Lipinski definition) is 1. The van der Waals surface area contributed by atoms with Crippen LogP contribution in [0.4, 0.5) is 0 Å². The maximum atomic E-state index is 12.3. The first-order valence-corrected chi connectivity index (χ1v) is 9.82. The Bertz CT molecular complexity index is 976. The number of amides is 2. The van der Waals surface area contributed by atoms with Gasteiger partial charge in [-0.2, -0.15) is 0 Å². The molecule has 2 heterocycles. The van der Waals surface area contributed by atoms with Gasteiger partial charge in [0.1, 0.15) is 6.61 Å². The van der Waals surface area contributed by atoms with Crippen LogP contribution in [-0.4, -0.2) is 40.8 Å². The van der Waals surface area contributed by atoms with Crippen LogP contribution >= 0.6 is 0 Å². The third kappa shape index (κ3) is 4.94. The van der Waals surface area contributed by atoms with Crippen molar-refractivity contribution in [3.63, 3.8) is 0 Å². The van der Waals surface area contributed by atoms with Crippen molar-refractivity contribution >= 4 is 17.8 Å². The SMILES string of the molecule is CC(C)CCOc1c[nH]c(COC(=O)CCN2C(=O)c3ccccc3C2=O)cc1=O. The van der Waals surface area contributed by atoms with Crippen LogP contribution in [0.2, 0.25) is 0 Å². The van der Waals surface area contributed by atoms with Gasteiger partial charge in [-0.3, -0.25) is 24.1 Å². The number of esters is 1. The van der Waals surface area contributed by atoms with Crippen molar-refractivity contribution in [1.82, 2.24) is 9.88 Å². The first-order valence-electron chi connectivity index (χ1n) is 9.82. The summed E-state index contributed by atoms with van der Waals surface area (Å²) in [6.07, 6.45) is 2.16. The molecule has 0 atom stereocenters. The Morgan fingerprint density at radius 1 is 1.10 bits per heavy atom. The number of aromatic nitrogens is 1. The van der Waals surface area contributed by atoms with Crippen molar-refractivity contribution in [3.8, 4) is 5.75 Å². The monoisotopic (exact) mass is 412 g/mol. The zero-order valence-electron chi connectivity index (χ0n) is 17.0. The van der Waals surface area contributed by atoms with Gasteiger partial charge in [0.05, 0.1) is 29.8 Å². The van der Waals surface area contributed by atoms with E-state index in [-0.39, 0.29) is 30.8 Å². The van der Waals surface area contributed by atoms with Crippen LogP contribution in [0.5, 0.6) is 5.75 Å². The summed E-state index contributed by atoms with van der Waals surface area (Å²) in [5, 5.41) is 0. The molecule has 0 aliphatic carbocycles. The molecule has 0 saturated heterocycles. The average Bonchev–Trinajstić information content (AvgIpc) is 2.96. The fourth-order valence-corrected chi connectivity index (χ4v) is 2.98. The molecule has 158 valence electrons. The Balaban J connectivity index is 1.47. The number of nitrogens with one attached hydrogen (secondary N) is 1. The molecule has 0 saturated carbocycles. The Hall–Kier alpha value is -3.42. The lowest BCUT2D eigenvalue weighted by Crippen LogP contribution is -2.32. The fourth-order valence-electron chi connectivity index (χ4n) is 2.98. The molecule has 8 nitrogen and oxygen atoms in total. The van der Waals surface area contributed by atoms with Crippen molar-refractivity contribution < 1.29 is 23.9 Å². The lowest BCUT2D eigenvalue weighted by Gasteiger charge is -2.13. The molecule has 1 aliphatic rings. The molecule has 2 aromatic rings. The smallest absolute Gasteiger partial charge is 0.307 e. The Morgan fingerprint density at radius 3 is 2.37 bits per heavy atom. The van der Waals surface area contributed by atoms with Gasteiger partial charge in [-0.15, -0.1) is 0 Å². The number of carbonyl (C=O) groups is 3. The highest BCUT2D eigenvalue weighted by atomic mass is 16.5. The molecular weight excluding hydrogens is 388 g/mol. The summed E-state index contributed by atoms with van der Waals surface area (Å²) in [6.45, 7) is 4.40. The van der Waals surface area contributed by atoms with Crippen LogP contribution < -0.4 is 10.2 Å². The van der Waals surface area contributed by atoms with Gasteiger partial charge in [0.15, 0.2) is 5.75 Å². The van der Waals surface area contributed by atoms with E-state index in [4.69, 9.17) is 9.47 Å². The van der Waals surface area contributed by atoms with E-state index in [1.807, 2.05) is 0 Å². The summed E-state index contributed by atoms with van der Waals surface area (Å²) >= 11 is 0. The van der Waals surface area contributed by atoms with Crippen molar-refractivity contribution in [1.29, 1.82) is 0 Å². The Kier molecular flexibility index (Phi) is 6.66. The summed E-state index contributed by atoms with van der Waals surface area (Å²) in [4.78, 5) is 52.6. The number of pyridine rings is 1. The highest BCUT2D eigenvalue weighted by Gasteiger charge is 2.35. The zero-order valence-corrected chi connectivity index (χ0v) is 17.0. The van der Waals surface area contributed by atoms with Crippen molar-refractivity contribution in [3.05, 3.63) is 63.6 Å². The second kappa shape index (κ2) is 9.39. The second-order valence-electron chi connectivity index (χ2n) is 7.44. The van der Waals surface area contributed by atoms with E-state index in [0.717, 1.165) is 11.3 Å². The van der Waals surface area contributed by atoms with Crippen LogP contribution in [0.25, 0.3) is 0 Å². The zero-order chi connectivity index (χ0) is 21.7. The molecule has 2 amide bonds. The first kappa shape index (κ1) is 21.3. The van der Waals surface area contributed by atoms with Crippen LogP contribution in [0.1, 0.15) is 53.1 Å². The summed E-state index contributed by atoms with van der Waals surface area (Å²) in [5.74, 6) is -0.717.